The second-order valence-electron chi connectivity index (χ2n) is 8.05. The normalized spacial score (nSPS) is 27.7. The van der Waals surface area contributed by atoms with E-state index in [-0.39, 0.29) is 12.5 Å². The molecule has 0 unspecified atom stereocenters. The molecule has 0 bridgehead atoms. The van der Waals surface area contributed by atoms with Gasteiger partial charge in [-0.2, -0.15) is 0 Å². The molecule has 1 aliphatic heterocycles. The first-order valence-electron chi connectivity index (χ1n) is 9.90. The first-order valence-corrected chi connectivity index (χ1v) is 9.90. The third-order valence-electron chi connectivity index (χ3n) is 6.19. The van der Waals surface area contributed by atoms with Crippen LogP contribution < -0.4 is 10.6 Å². The number of urea groups is 1. The maximum absolute atomic E-state index is 12.8. The standard InChI is InChI=1S/C20H26N4O3/c1-2-13-7-9-20(10-8-13)18(26)24(19(27)23-20)12-17(25)22-16-6-5-15(11-21-16)14-3-4-14/h5-6,11,13-14H,2-4,7-10,12H2,1H3,(H,23,27)(H,21,22,25). The van der Waals surface area contributed by atoms with Gasteiger partial charge in [0, 0.05) is 6.20 Å². The van der Waals surface area contributed by atoms with E-state index in [0.29, 0.717) is 30.5 Å². The second-order valence-corrected chi connectivity index (χ2v) is 8.05. The molecule has 0 radical (unpaired) electrons. The molecule has 1 saturated heterocycles. The minimum Gasteiger partial charge on any atom is -0.323 e. The van der Waals surface area contributed by atoms with Crippen LogP contribution in [0.5, 0.6) is 0 Å². The van der Waals surface area contributed by atoms with E-state index in [2.05, 4.69) is 22.5 Å². The molecule has 2 N–H and O–H groups in total. The Morgan fingerprint density at radius 1 is 1.26 bits per heavy atom. The fraction of sp³-hybridized carbons (Fsp3) is 0.600. The summed E-state index contributed by atoms with van der Waals surface area (Å²) < 4.78 is 0. The molecule has 2 saturated carbocycles. The van der Waals surface area contributed by atoms with Crippen molar-refractivity contribution in [2.24, 2.45) is 5.92 Å². The second kappa shape index (κ2) is 6.94. The average Bonchev–Trinajstić information content (AvgIpc) is 3.49. The van der Waals surface area contributed by atoms with E-state index >= 15 is 0 Å². The smallest absolute Gasteiger partial charge is 0.323 e. The Morgan fingerprint density at radius 3 is 2.59 bits per heavy atom. The number of hydrogen-bond donors (Lipinski definition) is 2. The summed E-state index contributed by atoms with van der Waals surface area (Å²) in [4.78, 5) is 42.8. The van der Waals surface area contributed by atoms with Crippen LogP contribution in [0.4, 0.5) is 10.6 Å². The maximum Gasteiger partial charge on any atom is 0.325 e. The summed E-state index contributed by atoms with van der Waals surface area (Å²) in [5.41, 5.74) is 0.374. The van der Waals surface area contributed by atoms with Crippen LogP contribution in [0.2, 0.25) is 0 Å². The van der Waals surface area contributed by atoms with Gasteiger partial charge in [-0.15, -0.1) is 0 Å². The van der Waals surface area contributed by atoms with Gasteiger partial charge in [0.2, 0.25) is 5.91 Å². The lowest BCUT2D eigenvalue weighted by molar-refractivity contribution is -0.135. The Hall–Kier alpha value is -2.44. The Balaban J connectivity index is 1.36. The topological polar surface area (TPSA) is 91.4 Å². The summed E-state index contributed by atoms with van der Waals surface area (Å²) in [6, 6.07) is 3.27. The number of rotatable bonds is 5. The van der Waals surface area contributed by atoms with Gasteiger partial charge in [0.15, 0.2) is 0 Å². The van der Waals surface area contributed by atoms with Gasteiger partial charge in [0.1, 0.15) is 17.9 Å². The Kier molecular flexibility index (Phi) is 4.61. The van der Waals surface area contributed by atoms with Crippen LogP contribution >= 0.6 is 0 Å². The first-order chi connectivity index (χ1) is 13.0. The van der Waals surface area contributed by atoms with E-state index in [9.17, 15) is 14.4 Å². The van der Waals surface area contributed by atoms with Gasteiger partial charge in [0.25, 0.3) is 5.91 Å². The molecule has 3 fully saturated rings. The zero-order chi connectivity index (χ0) is 19.0. The predicted octanol–water partition coefficient (Wildman–Crippen LogP) is 2.79. The predicted molar refractivity (Wildman–Crippen MR) is 100 cm³/mol. The van der Waals surface area contributed by atoms with Crippen molar-refractivity contribution < 1.29 is 14.4 Å². The fourth-order valence-electron chi connectivity index (χ4n) is 4.20. The van der Waals surface area contributed by atoms with Crippen LogP contribution in [-0.2, 0) is 9.59 Å². The van der Waals surface area contributed by atoms with Crippen molar-refractivity contribution in [1.29, 1.82) is 0 Å². The van der Waals surface area contributed by atoms with E-state index in [1.54, 1.807) is 12.3 Å². The molecule has 0 aromatic carbocycles. The van der Waals surface area contributed by atoms with Crippen molar-refractivity contribution >= 4 is 23.7 Å². The summed E-state index contributed by atoms with van der Waals surface area (Å²) >= 11 is 0. The highest BCUT2D eigenvalue weighted by Gasteiger charge is 2.52. The molecule has 0 atom stereocenters. The highest BCUT2D eigenvalue weighted by Crippen LogP contribution is 2.40. The SMILES string of the molecule is CCC1CCC2(CC1)NC(=O)N(CC(=O)Nc1ccc(C3CC3)cn1)C2=O. The van der Waals surface area contributed by atoms with Gasteiger partial charge >= 0.3 is 6.03 Å². The van der Waals surface area contributed by atoms with Gasteiger partial charge < -0.3 is 10.6 Å². The van der Waals surface area contributed by atoms with Crippen molar-refractivity contribution in [3.63, 3.8) is 0 Å². The van der Waals surface area contributed by atoms with Crippen LogP contribution in [0.1, 0.15) is 63.4 Å². The Bertz CT molecular complexity index is 749. The number of carbonyl (C=O) groups excluding carboxylic acids is 3. The lowest BCUT2D eigenvalue weighted by Crippen LogP contribution is -2.49. The number of carbonyl (C=O) groups is 3. The molecule has 7 nitrogen and oxygen atoms in total. The van der Waals surface area contributed by atoms with Crippen LogP contribution in [0.25, 0.3) is 0 Å². The molecule has 144 valence electrons. The van der Waals surface area contributed by atoms with Crippen molar-refractivity contribution in [2.75, 3.05) is 11.9 Å². The minimum atomic E-state index is -0.812. The minimum absolute atomic E-state index is 0.269. The quantitative estimate of drug-likeness (QED) is 0.780. The van der Waals surface area contributed by atoms with Crippen molar-refractivity contribution in [1.82, 2.24) is 15.2 Å². The number of nitrogens with zero attached hydrogens (tertiary/aromatic N) is 2. The molecule has 27 heavy (non-hydrogen) atoms. The van der Waals surface area contributed by atoms with Crippen molar-refractivity contribution in [3.05, 3.63) is 23.9 Å². The lowest BCUT2D eigenvalue weighted by atomic mass is 9.75. The first kappa shape index (κ1) is 17.9. The maximum atomic E-state index is 12.8. The Labute approximate surface area is 158 Å². The third-order valence-corrected chi connectivity index (χ3v) is 6.19. The number of pyridine rings is 1. The number of anilines is 1. The molecular weight excluding hydrogens is 344 g/mol. The average molecular weight is 370 g/mol. The van der Waals surface area contributed by atoms with Gasteiger partial charge in [-0.1, -0.05) is 19.4 Å². The van der Waals surface area contributed by atoms with Gasteiger partial charge in [0.05, 0.1) is 0 Å². The van der Waals surface area contributed by atoms with Crippen LogP contribution in [0.3, 0.4) is 0 Å². The molecule has 4 rings (SSSR count). The van der Waals surface area contributed by atoms with E-state index in [1.807, 2.05) is 6.07 Å². The monoisotopic (exact) mass is 370 g/mol. The van der Waals surface area contributed by atoms with Gasteiger partial charge in [-0.3, -0.25) is 14.5 Å². The van der Waals surface area contributed by atoms with E-state index in [1.165, 1.54) is 18.4 Å². The number of aromatic nitrogens is 1. The molecule has 2 aliphatic carbocycles. The number of nitrogens with one attached hydrogen (secondary N) is 2. The Morgan fingerprint density at radius 2 is 2.00 bits per heavy atom. The summed E-state index contributed by atoms with van der Waals surface area (Å²) in [7, 11) is 0. The number of imide groups is 1. The highest BCUT2D eigenvalue weighted by atomic mass is 16.2. The fourth-order valence-corrected chi connectivity index (χ4v) is 4.20. The summed E-state index contributed by atoms with van der Waals surface area (Å²) in [5, 5.41) is 5.53. The zero-order valence-corrected chi connectivity index (χ0v) is 15.7. The molecular formula is C20H26N4O3. The summed E-state index contributed by atoms with van der Waals surface area (Å²) in [5.74, 6) is 0.975. The van der Waals surface area contributed by atoms with Crippen molar-refractivity contribution in [2.45, 2.75) is 63.3 Å². The largest absolute Gasteiger partial charge is 0.325 e. The molecule has 1 aromatic heterocycles. The lowest BCUT2D eigenvalue weighted by Gasteiger charge is -2.34. The molecule has 2 heterocycles. The van der Waals surface area contributed by atoms with E-state index in [0.717, 1.165) is 24.2 Å². The van der Waals surface area contributed by atoms with Crippen LogP contribution in [0, 0.1) is 5.92 Å². The van der Waals surface area contributed by atoms with Crippen LogP contribution in [0.15, 0.2) is 18.3 Å². The molecule has 1 spiro atoms. The zero-order valence-electron chi connectivity index (χ0n) is 15.7. The third kappa shape index (κ3) is 3.55. The van der Waals surface area contributed by atoms with Gasteiger partial charge in [-0.25, -0.2) is 9.78 Å². The molecule has 7 heteroatoms. The van der Waals surface area contributed by atoms with E-state index < -0.39 is 17.5 Å². The number of amides is 4. The molecule has 4 amide bonds. The molecule has 3 aliphatic rings. The highest BCUT2D eigenvalue weighted by molar-refractivity contribution is 6.10. The summed E-state index contributed by atoms with van der Waals surface area (Å²) in [6.45, 7) is 1.87. The molecule has 1 aromatic rings. The van der Waals surface area contributed by atoms with E-state index in [4.69, 9.17) is 0 Å². The van der Waals surface area contributed by atoms with Crippen molar-refractivity contribution in [3.8, 4) is 0 Å². The summed E-state index contributed by atoms with van der Waals surface area (Å²) in [6.07, 6.45) is 8.43. The van der Waals surface area contributed by atoms with Crippen LogP contribution in [-0.4, -0.2) is 39.8 Å². The number of hydrogen-bond acceptors (Lipinski definition) is 4. The van der Waals surface area contributed by atoms with Gasteiger partial charge in [-0.05, 0) is 62.0 Å².